The number of aryl methyl sites for hydroxylation is 2. The van der Waals surface area contributed by atoms with Crippen molar-refractivity contribution in [2.75, 3.05) is 0 Å². The number of hydrogen-bond acceptors (Lipinski definition) is 3. The van der Waals surface area contributed by atoms with Crippen LogP contribution in [0.25, 0.3) is 0 Å². The van der Waals surface area contributed by atoms with Gasteiger partial charge in [-0.25, -0.2) is 0 Å². The smallest absolute Gasteiger partial charge is 0.224 e. The van der Waals surface area contributed by atoms with Crippen LogP contribution in [0.2, 0.25) is 0 Å². The number of rotatable bonds is 4. The highest BCUT2D eigenvalue weighted by Gasteiger charge is 2.06. The molecule has 0 atom stereocenters. The van der Waals surface area contributed by atoms with Crippen LogP contribution < -0.4 is 5.32 Å². The number of amides is 1. The molecule has 1 N–H and O–H groups in total. The number of thiophene rings is 1. The third kappa shape index (κ3) is 3.69. The molecule has 0 saturated carbocycles. The molecule has 1 heterocycles. The van der Waals surface area contributed by atoms with E-state index in [1.807, 2.05) is 12.1 Å². The van der Waals surface area contributed by atoms with Gasteiger partial charge in [0.25, 0.3) is 0 Å². The summed E-state index contributed by atoms with van der Waals surface area (Å²) < 4.78 is 0. The van der Waals surface area contributed by atoms with E-state index in [2.05, 4.69) is 31.3 Å². The van der Waals surface area contributed by atoms with Gasteiger partial charge in [-0.1, -0.05) is 12.1 Å². The Morgan fingerprint density at radius 3 is 2.55 bits per heavy atom. The highest BCUT2D eigenvalue weighted by molar-refractivity contribution is 7.12. The van der Waals surface area contributed by atoms with Gasteiger partial charge in [-0.15, -0.1) is 11.3 Å². The van der Waals surface area contributed by atoms with Crippen LogP contribution >= 0.6 is 11.3 Å². The van der Waals surface area contributed by atoms with Crippen LogP contribution in [0.15, 0.2) is 30.3 Å². The molecule has 4 heteroatoms. The van der Waals surface area contributed by atoms with Gasteiger partial charge in [0.2, 0.25) is 5.91 Å². The van der Waals surface area contributed by atoms with Crippen molar-refractivity contribution in [3.8, 4) is 6.07 Å². The number of benzene rings is 1. The molecule has 0 bridgehead atoms. The summed E-state index contributed by atoms with van der Waals surface area (Å²) >= 11 is 1.72. The van der Waals surface area contributed by atoms with Gasteiger partial charge in [0.05, 0.1) is 24.6 Å². The third-order valence-electron chi connectivity index (χ3n) is 3.12. The van der Waals surface area contributed by atoms with Crippen LogP contribution in [0.3, 0.4) is 0 Å². The van der Waals surface area contributed by atoms with Gasteiger partial charge in [0.1, 0.15) is 0 Å². The van der Waals surface area contributed by atoms with Crippen LogP contribution in [0, 0.1) is 25.2 Å². The predicted octanol–water partition coefficient (Wildman–Crippen LogP) is 3.10. The quantitative estimate of drug-likeness (QED) is 0.938. The molecule has 0 fully saturated rings. The third-order valence-corrected chi connectivity index (χ3v) is 4.28. The van der Waals surface area contributed by atoms with Crippen LogP contribution in [-0.4, -0.2) is 5.91 Å². The van der Waals surface area contributed by atoms with Crippen molar-refractivity contribution in [2.45, 2.75) is 26.8 Å². The second-order valence-corrected chi connectivity index (χ2v) is 6.06. The van der Waals surface area contributed by atoms with Gasteiger partial charge in [0.15, 0.2) is 0 Å². The van der Waals surface area contributed by atoms with Crippen LogP contribution in [-0.2, 0) is 17.8 Å². The molecule has 1 aromatic heterocycles. The lowest BCUT2D eigenvalue weighted by molar-refractivity contribution is -0.120. The first-order chi connectivity index (χ1) is 9.58. The minimum atomic E-state index is -0.00147. The summed E-state index contributed by atoms with van der Waals surface area (Å²) in [5, 5.41) is 11.6. The average Bonchev–Trinajstić information content (AvgIpc) is 2.76. The Balaban J connectivity index is 1.87. The van der Waals surface area contributed by atoms with Gasteiger partial charge >= 0.3 is 0 Å². The van der Waals surface area contributed by atoms with Crippen molar-refractivity contribution in [3.63, 3.8) is 0 Å². The average molecular weight is 284 g/mol. The summed E-state index contributed by atoms with van der Waals surface area (Å²) in [5.74, 6) is -0.00147. The molecule has 1 amide bonds. The number of carbonyl (C=O) groups is 1. The lowest BCUT2D eigenvalue weighted by Crippen LogP contribution is -2.24. The Bertz CT molecular complexity index is 631. The lowest BCUT2D eigenvalue weighted by Gasteiger charge is -2.04. The first kappa shape index (κ1) is 14.3. The van der Waals surface area contributed by atoms with Crippen molar-refractivity contribution < 1.29 is 4.79 Å². The minimum Gasteiger partial charge on any atom is -0.351 e. The maximum absolute atomic E-state index is 11.9. The molecule has 0 spiro atoms. The molecular weight excluding hydrogens is 268 g/mol. The van der Waals surface area contributed by atoms with Gasteiger partial charge in [-0.2, -0.15) is 5.26 Å². The summed E-state index contributed by atoms with van der Waals surface area (Å²) in [6, 6.07) is 11.3. The molecule has 0 unspecified atom stereocenters. The molecule has 20 heavy (non-hydrogen) atoms. The van der Waals surface area contributed by atoms with E-state index in [1.165, 1.54) is 15.3 Å². The largest absolute Gasteiger partial charge is 0.351 e. The molecule has 0 radical (unpaired) electrons. The van der Waals surface area contributed by atoms with Crippen molar-refractivity contribution in [2.24, 2.45) is 0 Å². The van der Waals surface area contributed by atoms with Crippen LogP contribution in [0.1, 0.15) is 26.4 Å². The van der Waals surface area contributed by atoms with Crippen molar-refractivity contribution in [3.05, 3.63) is 56.8 Å². The van der Waals surface area contributed by atoms with Gasteiger partial charge in [0, 0.05) is 9.75 Å². The fourth-order valence-corrected chi connectivity index (χ4v) is 2.86. The standard InChI is InChI=1S/C16H16N2OS/c1-11-7-15(20-12(11)2)10-18-16(19)8-13-3-5-14(9-17)6-4-13/h3-7H,8,10H2,1-2H3,(H,18,19). The zero-order chi connectivity index (χ0) is 14.5. The van der Waals surface area contributed by atoms with Gasteiger partial charge < -0.3 is 5.32 Å². The zero-order valence-electron chi connectivity index (χ0n) is 11.6. The summed E-state index contributed by atoms with van der Waals surface area (Å²) in [7, 11) is 0. The monoisotopic (exact) mass is 284 g/mol. The summed E-state index contributed by atoms with van der Waals surface area (Å²) in [6.07, 6.45) is 0.342. The molecule has 0 saturated heterocycles. The molecule has 2 rings (SSSR count). The van der Waals surface area contributed by atoms with E-state index in [0.29, 0.717) is 18.5 Å². The first-order valence-electron chi connectivity index (χ1n) is 6.40. The van der Waals surface area contributed by atoms with E-state index in [4.69, 9.17) is 5.26 Å². The molecule has 1 aromatic carbocycles. The molecule has 3 nitrogen and oxygen atoms in total. The van der Waals surface area contributed by atoms with E-state index in [1.54, 1.807) is 23.5 Å². The Kier molecular flexibility index (Phi) is 4.54. The highest BCUT2D eigenvalue weighted by Crippen LogP contribution is 2.20. The van der Waals surface area contributed by atoms with Crippen LogP contribution in [0.4, 0.5) is 0 Å². The van der Waals surface area contributed by atoms with E-state index in [9.17, 15) is 4.79 Å². The van der Waals surface area contributed by atoms with Crippen molar-refractivity contribution in [1.29, 1.82) is 5.26 Å². The summed E-state index contributed by atoms with van der Waals surface area (Å²) in [4.78, 5) is 14.3. The maximum atomic E-state index is 11.9. The number of carbonyl (C=O) groups excluding carboxylic acids is 1. The Morgan fingerprint density at radius 2 is 2.00 bits per heavy atom. The predicted molar refractivity (Wildman–Crippen MR) is 80.5 cm³/mol. The van der Waals surface area contributed by atoms with E-state index in [0.717, 1.165) is 5.56 Å². The number of nitrogens with zero attached hydrogens (tertiary/aromatic N) is 1. The SMILES string of the molecule is Cc1cc(CNC(=O)Cc2ccc(C#N)cc2)sc1C. The maximum Gasteiger partial charge on any atom is 0.224 e. The summed E-state index contributed by atoms with van der Waals surface area (Å²) in [6.45, 7) is 4.74. The van der Waals surface area contributed by atoms with Crippen molar-refractivity contribution in [1.82, 2.24) is 5.32 Å². The second kappa shape index (κ2) is 6.36. The number of nitrogens with one attached hydrogen (secondary N) is 1. The number of nitriles is 1. The van der Waals surface area contributed by atoms with Crippen LogP contribution in [0.5, 0.6) is 0 Å². The van der Waals surface area contributed by atoms with Gasteiger partial charge in [-0.3, -0.25) is 4.79 Å². The lowest BCUT2D eigenvalue weighted by atomic mass is 10.1. The fraction of sp³-hybridized carbons (Fsp3) is 0.250. The molecular formula is C16H16N2OS. The Labute approximate surface area is 122 Å². The molecule has 0 aliphatic carbocycles. The second-order valence-electron chi connectivity index (χ2n) is 4.71. The zero-order valence-corrected chi connectivity index (χ0v) is 12.4. The molecule has 0 aliphatic rings. The minimum absolute atomic E-state index is 0.00147. The fourth-order valence-electron chi connectivity index (χ4n) is 1.87. The molecule has 102 valence electrons. The van der Waals surface area contributed by atoms with Crippen molar-refractivity contribution >= 4 is 17.2 Å². The topological polar surface area (TPSA) is 52.9 Å². The van der Waals surface area contributed by atoms with Gasteiger partial charge in [-0.05, 0) is 43.2 Å². The molecule has 0 aliphatic heterocycles. The van der Waals surface area contributed by atoms with E-state index >= 15 is 0 Å². The highest BCUT2D eigenvalue weighted by atomic mass is 32.1. The Hall–Kier alpha value is -2.12. The normalized spacial score (nSPS) is 10.1. The van der Waals surface area contributed by atoms with E-state index < -0.39 is 0 Å². The summed E-state index contributed by atoms with van der Waals surface area (Å²) in [5.41, 5.74) is 2.80. The Morgan fingerprint density at radius 1 is 1.30 bits per heavy atom. The number of hydrogen-bond donors (Lipinski definition) is 1. The van der Waals surface area contributed by atoms with E-state index in [-0.39, 0.29) is 5.91 Å². The molecule has 2 aromatic rings. The first-order valence-corrected chi connectivity index (χ1v) is 7.22.